The fourth-order valence-corrected chi connectivity index (χ4v) is 2.80. The van der Waals surface area contributed by atoms with Gasteiger partial charge in [0.1, 0.15) is 0 Å². The molecule has 0 radical (unpaired) electrons. The Balaban J connectivity index is 1.84. The summed E-state index contributed by atoms with van der Waals surface area (Å²) in [6.45, 7) is 7.17. The molecule has 0 aromatic carbocycles. The zero-order valence-electron chi connectivity index (χ0n) is 12.0. The summed E-state index contributed by atoms with van der Waals surface area (Å²) in [5.74, 6) is 0.990. The van der Waals surface area contributed by atoms with E-state index in [1.54, 1.807) is 0 Å². The highest BCUT2D eigenvalue weighted by Gasteiger charge is 2.16. The second-order valence-electron chi connectivity index (χ2n) is 5.72. The van der Waals surface area contributed by atoms with Crippen LogP contribution in [0.2, 0.25) is 0 Å². The molecule has 1 aliphatic carbocycles. The molecule has 0 aromatic heterocycles. The molecule has 0 spiro atoms. The highest BCUT2D eigenvalue weighted by molar-refractivity contribution is 4.70. The van der Waals surface area contributed by atoms with Crippen LogP contribution in [-0.2, 0) is 0 Å². The largest absolute Gasteiger partial charge is 0.315 e. The molecule has 0 amide bonds. The lowest BCUT2D eigenvalue weighted by molar-refractivity contribution is 0.277. The summed E-state index contributed by atoms with van der Waals surface area (Å²) >= 11 is 0. The van der Waals surface area contributed by atoms with Gasteiger partial charge in [-0.1, -0.05) is 39.0 Å². The van der Waals surface area contributed by atoms with Crippen molar-refractivity contribution in [2.75, 3.05) is 33.2 Å². The van der Waals surface area contributed by atoms with Crippen LogP contribution >= 0.6 is 0 Å². The van der Waals surface area contributed by atoms with Crippen LogP contribution in [0.4, 0.5) is 0 Å². The van der Waals surface area contributed by atoms with Gasteiger partial charge in [0, 0.05) is 19.6 Å². The van der Waals surface area contributed by atoms with Crippen LogP contribution in [0.5, 0.6) is 0 Å². The molecule has 0 atom stereocenters. The van der Waals surface area contributed by atoms with Crippen molar-refractivity contribution in [3.63, 3.8) is 0 Å². The lowest BCUT2D eigenvalue weighted by atomic mass is 10.1. The van der Waals surface area contributed by atoms with Gasteiger partial charge >= 0.3 is 0 Å². The number of hydrogen-bond acceptors (Lipinski definition) is 2. The van der Waals surface area contributed by atoms with E-state index in [1.165, 1.54) is 71.0 Å². The van der Waals surface area contributed by atoms with Crippen molar-refractivity contribution in [1.29, 1.82) is 0 Å². The quantitative estimate of drug-likeness (QED) is 0.590. The fraction of sp³-hybridized carbons (Fsp3) is 1.00. The first-order chi connectivity index (χ1) is 8.33. The van der Waals surface area contributed by atoms with E-state index in [-0.39, 0.29) is 0 Å². The van der Waals surface area contributed by atoms with Crippen molar-refractivity contribution in [3.8, 4) is 0 Å². The lowest BCUT2D eigenvalue weighted by Crippen LogP contribution is -2.32. The molecule has 17 heavy (non-hydrogen) atoms. The Bertz CT molecular complexity index is 164. The molecule has 2 nitrogen and oxygen atoms in total. The van der Waals surface area contributed by atoms with Gasteiger partial charge in [-0.05, 0) is 38.8 Å². The molecular formula is C15H32N2. The lowest BCUT2D eigenvalue weighted by Gasteiger charge is -2.20. The Morgan fingerprint density at radius 1 is 1.06 bits per heavy atom. The van der Waals surface area contributed by atoms with Crippen LogP contribution in [0.15, 0.2) is 0 Å². The number of nitrogens with zero attached hydrogens (tertiary/aromatic N) is 1. The monoisotopic (exact) mass is 240 g/mol. The van der Waals surface area contributed by atoms with Crippen molar-refractivity contribution in [1.82, 2.24) is 10.2 Å². The van der Waals surface area contributed by atoms with Crippen molar-refractivity contribution in [2.24, 2.45) is 5.92 Å². The zero-order chi connectivity index (χ0) is 12.3. The van der Waals surface area contributed by atoms with E-state index in [1.807, 2.05) is 0 Å². The van der Waals surface area contributed by atoms with Gasteiger partial charge in [-0.25, -0.2) is 0 Å². The maximum Gasteiger partial charge on any atom is 0.0104 e. The molecule has 1 rings (SSSR count). The molecule has 0 aliphatic heterocycles. The van der Waals surface area contributed by atoms with Gasteiger partial charge < -0.3 is 10.2 Å². The van der Waals surface area contributed by atoms with Crippen LogP contribution < -0.4 is 5.32 Å². The van der Waals surface area contributed by atoms with Crippen LogP contribution in [-0.4, -0.2) is 38.1 Å². The van der Waals surface area contributed by atoms with E-state index in [0.29, 0.717) is 0 Å². The van der Waals surface area contributed by atoms with E-state index < -0.39 is 0 Å². The predicted molar refractivity (Wildman–Crippen MR) is 76.5 cm³/mol. The first kappa shape index (κ1) is 15.0. The van der Waals surface area contributed by atoms with E-state index >= 15 is 0 Å². The number of hydrogen-bond donors (Lipinski definition) is 1. The second-order valence-corrected chi connectivity index (χ2v) is 5.72. The molecule has 0 heterocycles. The summed E-state index contributed by atoms with van der Waals surface area (Å²) < 4.78 is 0. The maximum atomic E-state index is 3.56. The van der Waals surface area contributed by atoms with Crippen LogP contribution in [0.1, 0.15) is 58.3 Å². The minimum absolute atomic E-state index is 0.990. The minimum atomic E-state index is 0.990. The molecule has 2 heteroatoms. The molecule has 1 aliphatic rings. The van der Waals surface area contributed by atoms with Crippen LogP contribution in [0.3, 0.4) is 0 Å². The first-order valence-electron chi connectivity index (χ1n) is 7.72. The minimum Gasteiger partial charge on any atom is -0.315 e. The zero-order valence-corrected chi connectivity index (χ0v) is 12.0. The SMILES string of the molecule is CCCCCCNCCN(C)CC1CCCC1. The van der Waals surface area contributed by atoms with Gasteiger partial charge in [0.05, 0.1) is 0 Å². The Kier molecular flexibility index (Phi) is 8.72. The maximum absolute atomic E-state index is 3.56. The van der Waals surface area contributed by atoms with Crippen molar-refractivity contribution < 1.29 is 0 Å². The van der Waals surface area contributed by atoms with Gasteiger partial charge in [-0.2, -0.15) is 0 Å². The highest BCUT2D eigenvalue weighted by atomic mass is 15.1. The summed E-state index contributed by atoms with van der Waals surface area (Å²) in [7, 11) is 2.27. The number of rotatable bonds is 10. The van der Waals surface area contributed by atoms with Gasteiger partial charge in [-0.3, -0.25) is 0 Å². The molecule has 102 valence electrons. The summed E-state index contributed by atoms with van der Waals surface area (Å²) in [5.41, 5.74) is 0. The number of likely N-dealkylation sites (N-methyl/N-ethyl adjacent to an activating group) is 1. The summed E-state index contributed by atoms with van der Waals surface area (Å²) in [6, 6.07) is 0. The third kappa shape index (κ3) is 7.77. The highest BCUT2D eigenvalue weighted by Crippen LogP contribution is 2.24. The molecule has 1 N–H and O–H groups in total. The van der Waals surface area contributed by atoms with Gasteiger partial charge in [0.25, 0.3) is 0 Å². The van der Waals surface area contributed by atoms with Crippen LogP contribution in [0, 0.1) is 5.92 Å². The summed E-state index contributed by atoms with van der Waals surface area (Å²) in [6.07, 6.45) is 11.3. The Morgan fingerprint density at radius 3 is 2.53 bits per heavy atom. The Labute approximate surface area is 108 Å². The van der Waals surface area contributed by atoms with Gasteiger partial charge in [0.15, 0.2) is 0 Å². The van der Waals surface area contributed by atoms with E-state index in [2.05, 4.69) is 24.2 Å². The predicted octanol–water partition coefficient (Wildman–Crippen LogP) is 3.28. The van der Waals surface area contributed by atoms with Gasteiger partial charge in [0.2, 0.25) is 0 Å². The second kappa shape index (κ2) is 9.90. The Hall–Kier alpha value is -0.0800. The van der Waals surface area contributed by atoms with Crippen LogP contribution in [0.25, 0.3) is 0 Å². The van der Waals surface area contributed by atoms with Crippen molar-refractivity contribution >= 4 is 0 Å². The molecule has 0 bridgehead atoms. The third-order valence-electron chi connectivity index (χ3n) is 3.92. The summed E-state index contributed by atoms with van der Waals surface area (Å²) in [5, 5.41) is 3.56. The molecule has 1 fully saturated rings. The molecule has 0 unspecified atom stereocenters. The summed E-state index contributed by atoms with van der Waals surface area (Å²) in [4.78, 5) is 2.51. The number of nitrogens with one attached hydrogen (secondary N) is 1. The molecule has 1 saturated carbocycles. The standard InChI is InChI=1S/C15H32N2/c1-3-4-5-8-11-16-12-13-17(2)14-15-9-6-7-10-15/h15-16H,3-14H2,1-2H3. The first-order valence-corrected chi connectivity index (χ1v) is 7.72. The fourth-order valence-electron chi connectivity index (χ4n) is 2.80. The average Bonchev–Trinajstić information content (AvgIpc) is 2.80. The third-order valence-corrected chi connectivity index (χ3v) is 3.92. The molecular weight excluding hydrogens is 208 g/mol. The van der Waals surface area contributed by atoms with Gasteiger partial charge in [-0.15, -0.1) is 0 Å². The average molecular weight is 240 g/mol. The van der Waals surface area contributed by atoms with E-state index in [0.717, 1.165) is 12.5 Å². The Morgan fingerprint density at radius 2 is 1.82 bits per heavy atom. The molecule has 0 aromatic rings. The smallest absolute Gasteiger partial charge is 0.0104 e. The number of unbranched alkanes of at least 4 members (excludes halogenated alkanes) is 3. The van der Waals surface area contributed by atoms with Crippen molar-refractivity contribution in [2.45, 2.75) is 58.3 Å². The normalized spacial score (nSPS) is 17.1. The topological polar surface area (TPSA) is 15.3 Å². The van der Waals surface area contributed by atoms with E-state index in [4.69, 9.17) is 0 Å². The van der Waals surface area contributed by atoms with E-state index in [9.17, 15) is 0 Å². The van der Waals surface area contributed by atoms with Crippen molar-refractivity contribution in [3.05, 3.63) is 0 Å². The molecule has 0 saturated heterocycles.